The average molecular weight is 470 g/mol. The van der Waals surface area contributed by atoms with Crippen LogP contribution in [0, 0.1) is 6.92 Å². The van der Waals surface area contributed by atoms with E-state index in [0.717, 1.165) is 4.31 Å². The van der Waals surface area contributed by atoms with E-state index >= 15 is 0 Å². The lowest BCUT2D eigenvalue weighted by molar-refractivity contribution is -0.114. The summed E-state index contributed by atoms with van der Waals surface area (Å²) in [7, 11) is -2.89. The third-order valence-electron chi connectivity index (χ3n) is 4.00. The van der Waals surface area contributed by atoms with E-state index in [0.29, 0.717) is 5.76 Å². The van der Waals surface area contributed by atoms with E-state index in [9.17, 15) is 13.2 Å². The number of benzene rings is 2. The normalized spacial score (nSPS) is 11.2. The molecule has 1 heterocycles. The predicted molar refractivity (Wildman–Crippen MR) is 114 cm³/mol. The van der Waals surface area contributed by atoms with E-state index in [1.54, 1.807) is 25.1 Å². The Hall–Kier alpha value is -2.75. The van der Waals surface area contributed by atoms with Crippen molar-refractivity contribution < 1.29 is 22.5 Å². The molecule has 30 heavy (non-hydrogen) atoms. The maximum absolute atomic E-state index is 13.5. The number of methoxy groups -OCH3 is 1. The highest BCUT2D eigenvalue weighted by Crippen LogP contribution is 2.35. The topological polar surface area (TPSA) is 102 Å². The zero-order valence-electron chi connectivity index (χ0n) is 15.9. The predicted octanol–water partition coefficient (Wildman–Crippen LogP) is 4.13. The number of nitrogens with zero attached hydrogens (tertiary/aromatic N) is 2. The Balaban J connectivity index is 2.05. The fourth-order valence-corrected chi connectivity index (χ4v) is 4.84. The number of rotatable bonds is 7. The molecule has 1 N–H and O–H groups in total. The smallest absolute Gasteiger partial charge is 0.266 e. The second-order valence-corrected chi connectivity index (χ2v) is 8.80. The van der Waals surface area contributed by atoms with Gasteiger partial charge < -0.3 is 14.6 Å². The highest BCUT2D eigenvalue weighted by Gasteiger charge is 2.31. The van der Waals surface area contributed by atoms with Gasteiger partial charge in [-0.25, -0.2) is 8.42 Å². The van der Waals surface area contributed by atoms with Gasteiger partial charge in [0.15, 0.2) is 5.82 Å². The van der Waals surface area contributed by atoms with Crippen LogP contribution in [-0.2, 0) is 14.8 Å². The van der Waals surface area contributed by atoms with Crippen LogP contribution in [0.25, 0.3) is 0 Å². The van der Waals surface area contributed by atoms with Crippen LogP contribution < -0.4 is 14.4 Å². The summed E-state index contributed by atoms with van der Waals surface area (Å²) < 4.78 is 38.1. The Morgan fingerprint density at radius 3 is 2.60 bits per heavy atom. The minimum Gasteiger partial charge on any atom is -0.495 e. The number of carbonyl (C=O) groups excluding carboxylic acids is 1. The molecule has 0 bridgehead atoms. The quantitative estimate of drug-likeness (QED) is 0.557. The molecule has 0 unspecified atom stereocenters. The molecule has 8 nitrogen and oxygen atoms in total. The molecule has 3 aromatic rings. The lowest BCUT2D eigenvalue weighted by Gasteiger charge is -2.25. The van der Waals surface area contributed by atoms with Crippen LogP contribution in [0.3, 0.4) is 0 Å². The highest BCUT2D eigenvalue weighted by atomic mass is 35.5. The summed E-state index contributed by atoms with van der Waals surface area (Å²) in [4.78, 5) is 12.4. The monoisotopic (exact) mass is 469 g/mol. The van der Waals surface area contributed by atoms with E-state index in [2.05, 4.69) is 10.5 Å². The van der Waals surface area contributed by atoms with Crippen molar-refractivity contribution in [3.8, 4) is 5.75 Å². The SMILES string of the molecule is COc1ccccc1N(CC(=O)Nc1cc(C)on1)S(=O)(=O)c1cc(Cl)ccc1Cl. The van der Waals surface area contributed by atoms with Crippen LogP contribution in [0.4, 0.5) is 11.5 Å². The highest BCUT2D eigenvalue weighted by molar-refractivity contribution is 7.93. The number of nitrogens with one attached hydrogen (secondary N) is 1. The lowest BCUT2D eigenvalue weighted by Crippen LogP contribution is -2.38. The minimum atomic E-state index is -4.29. The number of para-hydroxylation sites is 2. The van der Waals surface area contributed by atoms with Gasteiger partial charge in [0, 0.05) is 11.1 Å². The Morgan fingerprint density at radius 1 is 1.20 bits per heavy atom. The number of sulfonamides is 1. The molecule has 0 aliphatic heterocycles. The van der Waals surface area contributed by atoms with Crippen molar-refractivity contribution in [2.75, 3.05) is 23.3 Å². The summed E-state index contributed by atoms with van der Waals surface area (Å²) in [6.45, 7) is 1.09. The number of anilines is 2. The van der Waals surface area contributed by atoms with Crippen molar-refractivity contribution in [2.45, 2.75) is 11.8 Å². The fourth-order valence-electron chi connectivity index (χ4n) is 2.67. The first-order valence-corrected chi connectivity index (χ1v) is 10.8. The molecule has 1 aromatic heterocycles. The van der Waals surface area contributed by atoms with Gasteiger partial charge in [-0.3, -0.25) is 9.10 Å². The van der Waals surface area contributed by atoms with Crippen LogP contribution in [0.5, 0.6) is 5.75 Å². The van der Waals surface area contributed by atoms with Gasteiger partial charge in [0.2, 0.25) is 5.91 Å². The molecule has 0 atom stereocenters. The number of aromatic nitrogens is 1. The largest absolute Gasteiger partial charge is 0.495 e. The average Bonchev–Trinajstić information content (AvgIpc) is 3.12. The van der Waals surface area contributed by atoms with Crippen molar-refractivity contribution in [2.24, 2.45) is 0 Å². The second kappa shape index (κ2) is 8.95. The van der Waals surface area contributed by atoms with Crippen molar-refractivity contribution in [3.05, 3.63) is 64.3 Å². The molecule has 0 saturated carbocycles. The third kappa shape index (κ3) is 4.69. The molecule has 0 aliphatic rings. The molecule has 11 heteroatoms. The summed E-state index contributed by atoms with van der Waals surface area (Å²) in [5.74, 6) is 0.265. The van der Waals surface area contributed by atoms with E-state index in [1.165, 1.54) is 37.4 Å². The molecule has 2 aromatic carbocycles. The van der Waals surface area contributed by atoms with Crippen LogP contribution in [0.1, 0.15) is 5.76 Å². The van der Waals surface area contributed by atoms with Gasteiger partial charge in [0.25, 0.3) is 10.0 Å². The van der Waals surface area contributed by atoms with Crippen LogP contribution in [-0.4, -0.2) is 33.1 Å². The third-order valence-corrected chi connectivity index (χ3v) is 6.47. The van der Waals surface area contributed by atoms with Crippen molar-refractivity contribution in [3.63, 3.8) is 0 Å². The van der Waals surface area contributed by atoms with Crippen LogP contribution in [0.2, 0.25) is 10.0 Å². The van der Waals surface area contributed by atoms with Gasteiger partial charge in [0.05, 0.1) is 17.8 Å². The molecule has 0 fully saturated rings. The fraction of sp³-hybridized carbons (Fsp3) is 0.158. The number of hydrogen-bond donors (Lipinski definition) is 1. The molecule has 0 aliphatic carbocycles. The minimum absolute atomic E-state index is 0.0353. The number of halogens is 2. The molecule has 3 rings (SSSR count). The molecule has 158 valence electrons. The molecular formula is C19H17Cl2N3O5S. The van der Waals surface area contributed by atoms with Crippen molar-refractivity contribution in [1.82, 2.24) is 5.16 Å². The number of aryl methyl sites for hydroxylation is 1. The van der Waals surface area contributed by atoms with Gasteiger partial charge in [-0.15, -0.1) is 0 Å². The zero-order chi connectivity index (χ0) is 21.9. The summed E-state index contributed by atoms with van der Waals surface area (Å²) in [5.41, 5.74) is 0.155. The van der Waals surface area contributed by atoms with E-state index in [4.69, 9.17) is 32.5 Å². The van der Waals surface area contributed by atoms with Crippen molar-refractivity contribution in [1.29, 1.82) is 0 Å². The van der Waals surface area contributed by atoms with Gasteiger partial charge in [0.1, 0.15) is 22.9 Å². The zero-order valence-corrected chi connectivity index (χ0v) is 18.3. The number of carbonyl (C=O) groups is 1. The van der Waals surface area contributed by atoms with Gasteiger partial charge in [-0.1, -0.05) is 40.5 Å². The molecule has 0 saturated heterocycles. The first-order chi connectivity index (χ1) is 14.2. The molecule has 0 spiro atoms. The molecule has 0 radical (unpaired) electrons. The Labute approximate surface area is 183 Å². The van der Waals surface area contributed by atoms with Gasteiger partial charge in [-0.05, 0) is 37.3 Å². The van der Waals surface area contributed by atoms with Crippen LogP contribution in [0.15, 0.2) is 57.9 Å². The number of hydrogen-bond acceptors (Lipinski definition) is 6. The molecule has 1 amide bonds. The van der Waals surface area contributed by atoms with E-state index < -0.39 is 22.5 Å². The molecular weight excluding hydrogens is 453 g/mol. The van der Waals surface area contributed by atoms with Crippen molar-refractivity contribution >= 4 is 50.6 Å². The number of ether oxygens (including phenoxy) is 1. The number of amides is 1. The standard InChI is InChI=1S/C19H17Cl2N3O5S/c1-12-9-18(23-29-12)22-19(25)11-24(15-5-3-4-6-16(15)28-2)30(26,27)17-10-13(20)7-8-14(17)21/h3-10H,11H2,1-2H3,(H,22,23,25). The maximum Gasteiger partial charge on any atom is 0.266 e. The summed E-state index contributed by atoms with van der Waals surface area (Å²) in [6.07, 6.45) is 0. The Bertz CT molecular complexity index is 1180. The Kier molecular flexibility index (Phi) is 6.55. The van der Waals surface area contributed by atoms with E-state index in [1.807, 2.05) is 0 Å². The first kappa shape index (κ1) is 21.9. The lowest BCUT2D eigenvalue weighted by atomic mass is 10.3. The first-order valence-electron chi connectivity index (χ1n) is 8.56. The Morgan fingerprint density at radius 2 is 1.93 bits per heavy atom. The summed E-state index contributed by atoms with van der Waals surface area (Å²) in [6, 6.07) is 12.0. The van der Waals surface area contributed by atoms with Crippen LogP contribution >= 0.6 is 23.2 Å². The summed E-state index contributed by atoms with van der Waals surface area (Å²) >= 11 is 12.1. The van der Waals surface area contributed by atoms with Gasteiger partial charge in [-0.2, -0.15) is 0 Å². The van der Waals surface area contributed by atoms with E-state index in [-0.39, 0.29) is 32.2 Å². The maximum atomic E-state index is 13.5. The second-order valence-electron chi connectivity index (χ2n) is 6.13. The summed E-state index contributed by atoms with van der Waals surface area (Å²) in [5, 5.41) is 6.32. The van der Waals surface area contributed by atoms with Gasteiger partial charge >= 0.3 is 0 Å².